The maximum absolute atomic E-state index is 10.9. The molecular weight excluding hydrogens is 342 g/mol. The molecule has 0 bridgehead atoms. The second-order valence-electron chi connectivity index (χ2n) is 5.70. The van der Waals surface area contributed by atoms with Crippen LogP contribution in [0.15, 0.2) is 54.9 Å². The molecule has 3 aromatic rings. The highest BCUT2D eigenvalue weighted by Gasteiger charge is 2.11. The lowest BCUT2D eigenvalue weighted by Gasteiger charge is -2.16. The SMILES string of the molecule is CN(Cc1cccc(Cl)c1)Cn1cnc(-c2cccc([N+](=O)[O-])c2)n1. The van der Waals surface area contributed by atoms with Gasteiger partial charge in [-0.25, -0.2) is 9.67 Å². The topological polar surface area (TPSA) is 77.1 Å². The molecule has 0 atom stereocenters. The molecule has 0 radical (unpaired) electrons. The Morgan fingerprint density at radius 2 is 2.04 bits per heavy atom. The molecule has 7 nitrogen and oxygen atoms in total. The van der Waals surface area contributed by atoms with Crippen LogP contribution >= 0.6 is 11.6 Å². The third-order valence-corrected chi connectivity index (χ3v) is 3.81. The van der Waals surface area contributed by atoms with Crippen molar-refractivity contribution >= 4 is 17.3 Å². The van der Waals surface area contributed by atoms with Crippen molar-refractivity contribution in [2.75, 3.05) is 7.05 Å². The van der Waals surface area contributed by atoms with Gasteiger partial charge in [0.15, 0.2) is 5.82 Å². The van der Waals surface area contributed by atoms with Crippen LogP contribution in [0.25, 0.3) is 11.4 Å². The van der Waals surface area contributed by atoms with E-state index in [-0.39, 0.29) is 5.69 Å². The molecule has 0 aliphatic rings. The third kappa shape index (κ3) is 4.40. The minimum absolute atomic E-state index is 0.0203. The third-order valence-electron chi connectivity index (χ3n) is 3.58. The van der Waals surface area contributed by atoms with E-state index in [1.54, 1.807) is 23.1 Å². The fraction of sp³-hybridized carbons (Fsp3) is 0.176. The van der Waals surface area contributed by atoms with Crippen molar-refractivity contribution in [3.8, 4) is 11.4 Å². The summed E-state index contributed by atoms with van der Waals surface area (Å²) in [5, 5.41) is 16.0. The van der Waals surface area contributed by atoms with Gasteiger partial charge in [-0.05, 0) is 24.7 Å². The molecule has 0 aliphatic carbocycles. The number of nitro groups is 1. The summed E-state index contributed by atoms with van der Waals surface area (Å²) < 4.78 is 1.69. The Kier molecular flexibility index (Phi) is 5.06. The molecule has 0 saturated heterocycles. The van der Waals surface area contributed by atoms with Gasteiger partial charge in [-0.2, -0.15) is 0 Å². The van der Waals surface area contributed by atoms with Crippen LogP contribution in [-0.4, -0.2) is 31.6 Å². The predicted molar refractivity (Wildman–Crippen MR) is 95.0 cm³/mol. The predicted octanol–water partition coefficient (Wildman–Crippen LogP) is 3.60. The fourth-order valence-corrected chi connectivity index (χ4v) is 2.71. The smallest absolute Gasteiger partial charge is 0.270 e. The maximum atomic E-state index is 10.9. The van der Waals surface area contributed by atoms with Gasteiger partial charge in [-0.3, -0.25) is 15.0 Å². The number of hydrogen-bond acceptors (Lipinski definition) is 5. The van der Waals surface area contributed by atoms with Gasteiger partial charge in [0.2, 0.25) is 0 Å². The van der Waals surface area contributed by atoms with Gasteiger partial charge in [0.25, 0.3) is 5.69 Å². The molecule has 0 N–H and O–H groups in total. The molecule has 8 heteroatoms. The lowest BCUT2D eigenvalue weighted by molar-refractivity contribution is -0.384. The highest BCUT2D eigenvalue weighted by atomic mass is 35.5. The van der Waals surface area contributed by atoms with Crippen LogP contribution in [-0.2, 0) is 13.2 Å². The van der Waals surface area contributed by atoms with E-state index in [0.717, 1.165) is 5.56 Å². The van der Waals surface area contributed by atoms with E-state index in [2.05, 4.69) is 15.0 Å². The summed E-state index contributed by atoms with van der Waals surface area (Å²) in [6.45, 7) is 1.25. The summed E-state index contributed by atoms with van der Waals surface area (Å²) in [5.74, 6) is 0.458. The summed E-state index contributed by atoms with van der Waals surface area (Å²) in [7, 11) is 1.97. The summed E-state index contributed by atoms with van der Waals surface area (Å²) >= 11 is 6.00. The Bertz CT molecular complexity index is 896. The molecule has 0 aliphatic heterocycles. The lowest BCUT2D eigenvalue weighted by atomic mass is 10.2. The molecule has 0 unspecified atom stereocenters. The highest BCUT2D eigenvalue weighted by molar-refractivity contribution is 6.30. The van der Waals surface area contributed by atoms with E-state index in [9.17, 15) is 10.1 Å². The molecule has 3 rings (SSSR count). The average molecular weight is 358 g/mol. The van der Waals surface area contributed by atoms with Crippen molar-refractivity contribution in [3.05, 3.63) is 75.6 Å². The fourth-order valence-electron chi connectivity index (χ4n) is 2.50. The lowest BCUT2D eigenvalue weighted by Crippen LogP contribution is -2.21. The van der Waals surface area contributed by atoms with Gasteiger partial charge in [0.1, 0.15) is 6.33 Å². The van der Waals surface area contributed by atoms with E-state index >= 15 is 0 Å². The molecule has 2 aromatic carbocycles. The van der Waals surface area contributed by atoms with Crippen molar-refractivity contribution in [2.45, 2.75) is 13.2 Å². The maximum Gasteiger partial charge on any atom is 0.270 e. The monoisotopic (exact) mass is 357 g/mol. The molecule has 1 aromatic heterocycles. The van der Waals surface area contributed by atoms with Gasteiger partial charge in [0, 0.05) is 29.3 Å². The van der Waals surface area contributed by atoms with Crippen molar-refractivity contribution in [1.82, 2.24) is 19.7 Å². The van der Waals surface area contributed by atoms with Crippen LogP contribution in [0.4, 0.5) is 5.69 Å². The molecule has 128 valence electrons. The highest BCUT2D eigenvalue weighted by Crippen LogP contribution is 2.20. The minimum Gasteiger partial charge on any atom is -0.283 e. The first-order chi connectivity index (χ1) is 12.0. The van der Waals surface area contributed by atoms with E-state index in [1.807, 2.05) is 31.3 Å². The Morgan fingerprint density at radius 3 is 2.80 bits per heavy atom. The number of rotatable bonds is 6. The van der Waals surface area contributed by atoms with Gasteiger partial charge in [-0.1, -0.05) is 35.9 Å². The number of benzene rings is 2. The number of non-ortho nitro benzene ring substituents is 1. The number of nitro benzene ring substituents is 1. The van der Waals surface area contributed by atoms with E-state index < -0.39 is 4.92 Å². The first-order valence-electron chi connectivity index (χ1n) is 7.58. The van der Waals surface area contributed by atoms with E-state index in [0.29, 0.717) is 29.6 Å². The zero-order valence-electron chi connectivity index (χ0n) is 13.5. The largest absolute Gasteiger partial charge is 0.283 e. The molecule has 0 saturated carbocycles. The molecule has 0 fully saturated rings. The van der Waals surface area contributed by atoms with Crippen molar-refractivity contribution < 1.29 is 4.92 Å². The average Bonchev–Trinajstić information content (AvgIpc) is 3.03. The van der Waals surface area contributed by atoms with Gasteiger partial charge in [0.05, 0.1) is 11.6 Å². The normalized spacial score (nSPS) is 11.0. The molecule has 0 spiro atoms. The Balaban J connectivity index is 1.69. The van der Waals surface area contributed by atoms with Crippen molar-refractivity contribution in [1.29, 1.82) is 0 Å². The Hall–Kier alpha value is -2.77. The summed E-state index contributed by atoms with van der Waals surface area (Å²) in [5.41, 5.74) is 1.74. The van der Waals surface area contributed by atoms with E-state index in [1.165, 1.54) is 12.1 Å². The second kappa shape index (κ2) is 7.42. The first-order valence-corrected chi connectivity index (χ1v) is 7.96. The van der Waals surface area contributed by atoms with Crippen molar-refractivity contribution in [2.24, 2.45) is 0 Å². The number of aromatic nitrogens is 3. The van der Waals surface area contributed by atoms with Crippen LogP contribution in [0.2, 0.25) is 5.02 Å². The van der Waals surface area contributed by atoms with Crippen LogP contribution < -0.4 is 0 Å². The quantitative estimate of drug-likeness (QED) is 0.497. The first kappa shape index (κ1) is 17.1. The second-order valence-corrected chi connectivity index (χ2v) is 6.14. The van der Waals surface area contributed by atoms with Crippen LogP contribution in [0.1, 0.15) is 5.56 Å². The number of nitrogens with zero attached hydrogens (tertiary/aromatic N) is 5. The molecular formula is C17H16ClN5O2. The Labute approximate surface area is 149 Å². The van der Waals surface area contributed by atoms with Crippen LogP contribution in [0, 0.1) is 10.1 Å². The molecule has 1 heterocycles. The zero-order valence-corrected chi connectivity index (χ0v) is 14.3. The summed E-state index contributed by atoms with van der Waals surface area (Å²) in [6.07, 6.45) is 1.61. The molecule has 0 amide bonds. The van der Waals surface area contributed by atoms with Crippen molar-refractivity contribution in [3.63, 3.8) is 0 Å². The zero-order chi connectivity index (χ0) is 17.8. The van der Waals surface area contributed by atoms with Crippen LogP contribution in [0.5, 0.6) is 0 Å². The van der Waals surface area contributed by atoms with Gasteiger partial charge >= 0.3 is 0 Å². The van der Waals surface area contributed by atoms with Gasteiger partial charge < -0.3 is 0 Å². The molecule has 25 heavy (non-hydrogen) atoms. The number of hydrogen-bond donors (Lipinski definition) is 0. The number of halogens is 1. The van der Waals surface area contributed by atoms with E-state index in [4.69, 9.17) is 11.6 Å². The summed E-state index contributed by atoms with van der Waals surface area (Å²) in [4.78, 5) is 16.8. The Morgan fingerprint density at radius 1 is 1.24 bits per heavy atom. The minimum atomic E-state index is -0.431. The summed E-state index contributed by atoms with van der Waals surface area (Å²) in [6, 6.07) is 14.0. The standard InChI is InChI=1S/C17H16ClN5O2/c1-21(10-13-4-2-6-15(18)8-13)12-22-11-19-17(20-22)14-5-3-7-16(9-14)23(24)25/h2-9,11H,10,12H2,1H3. The van der Waals surface area contributed by atoms with Gasteiger partial charge in [-0.15, -0.1) is 5.10 Å². The van der Waals surface area contributed by atoms with Crippen LogP contribution in [0.3, 0.4) is 0 Å².